The number of nitrogens with zero attached hydrogens (tertiary/aromatic N) is 5. The molecule has 186 valence electrons. The van der Waals surface area contributed by atoms with Gasteiger partial charge in [-0.05, 0) is 55.5 Å². The minimum Gasteiger partial charge on any atom is -0.466 e. The van der Waals surface area contributed by atoms with E-state index in [4.69, 9.17) is 10.00 Å². The summed E-state index contributed by atoms with van der Waals surface area (Å²) < 4.78 is 46.0. The van der Waals surface area contributed by atoms with E-state index in [1.807, 2.05) is 6.07 Å². The Morgan fingerprint density at radius 2 is 1.81 bits per heavy atom. The molecule has 9 nitrogen and oxygen atoms in total. The molecule has 12 heteroatoms. The van der Waals surface area contributed by atoms with Gasteiger partial charge in [-0.3, -0.25) is 14.4 Å². The van der Waals surface area contributed by atoms with Gasteiger partial charge in [-0.25, -0.2) is 14.7 Å². The van der Waals surface area contributed by atoms with E-state index in [0.717, 1.165) is 17.1 Å². The molecule has 0 radical (unpaired) electrons. The molecule has 0 spiro atoms. The number of anilines is 1. The van der Waals surface area contributed by atoms with Crippen molar-refractivity contribution in [3.8, 4) is 11.8 Å². The predicted molar refractivity (Wildman–Crippen MR) is 121 cm³/mol. The first-order chi connectivity index (χ1) is 17.1. The maximum atomic E-state index is 13.4. The number of carbonyl (C=O) groups is 3. The van der Waals surface area contributed by atoms with Gasteiger partial charge in [-0.15, -0.1) is 0 Å². The molecule has 1 aromatic heterocycles. The Kier molecular flexibility index (Phi) is 7.73. The van der Waals surface area contributed by atoms with E-state index in [0.29, 0.717) is 22.3 Å². The highest BCUT2D eigenvalue weighted by Gasteiger charge is 2.34. The lowest BCUT2D eigenvalue weighted by molar-refractivity contribution is -0.146. The zero-order chi connectivity index (χ0) is 26.5. The second kappa shape index (κ2) is 10.7. The van der Waals surface area contributed by atoms with E-state index in [1.54, 1.807) is 12.1 Å². The summed E-state index contributed by atoms with van der Waals surface area (Å²) in [4.78, 5) is 38.4. The van der Waals surface area contributed by atoms with Gasteiger partial charge in [0.25, 0.3) is 11.8 Å². The van der Waals surface area contributed by atoms with Crippen LogP contribution in [0.4, 0.5) is 18.9 Å². The van der Waals surface area contributed by atoms with Crippen molar-refractivity contribution in [1.82, 2.24) is 14.8 Å². The number of amides is 2. The van der Waals surface area contributed by atoms with Crippen LogP contribution in [-0.2, 0) is 20.5 Å². The first-order valence-electron chi connectivity index (χ1n) is 10.5. The highest BCUT2D eigenvalue weighted by Crippen LogP contribution is 2.32. The quantitative estimate of drug-likeness (QED) is 0.291. The molecule has 3 rings (SSSR count). The topological polar surface area (TPSA) is 109 Å². The number of hydrogen-bond acceptors (Lipinski definition) is 6. The van der Waals surface area contributed by atoms with Crippen LogP contribution in [0.25, 0.3) is 5.69 Å². The normalized spacial score (nSPS) is 10.9. The van der Waals surface area contributed by atoms with Gasteiger partial charge in [0.15, 0.2) is 0 Å². The monoisotopic (exact) mass is 499 g/mol. The second-order valence-corrected chi connectivity index (χ2v) is 7.35. The van der Waals surface area contributed by atoms with Crippen molar-refractivity contribution in [3.63, 3.8) is 0 Å². The molecule has 2 aromatic carbocycles. The molecule has 0 atom stereocenters. The number of hydrazine groups is 1. The summed E-state index contributed by atoms with van der Waals surface area (Å²) in [6.45, 7) is 1.53. The lowest BCUT2D eigenvalue weighted by Gasteiger charge is -2.32. The maximum absolute atomic E-state index is 13.4. The van der Waals surface area contributed by atoms with Crippen molar-refractivity contribution in [1.29, 1.82) is 5.26 Å². The van der Waals surface area contributed by atoms with E-state index < -0.39 is 35.9 Å². The van der Waals surface area contributed by atoms with Crippen molar-refractivity contribution in [2.45, 2.75) is 19.5 Å². The fraction of sp³-hybridized carbons (Fsp3) is 0.208. The van der Waals surface area contributed by atoms with Crippen LogP contribution in [0.15, 0.2) is 60.8 Å². The zero-order valence-electron chi connectivity index (χ0n) is 19.2. The number of ether oxygens (including phenoxy) is 1. The molecular formula is C24H20F3N5O4. The second-order valence-electron chi connectivity index (χ2n) is 7.35. The minimum absolute atomic E-state index is 0.00574. The molecule has 0 aliphatic carbocycles. The lowest BCUT2D eigenvalue weighted by atomic mass is 10.2. The minimum atomic E-state index is -4.71. The number of nitriles is 1. The van der Waals surface area contributed by atoms with Gasteiger partial charge in [0.1, 0.15) is 12.1 Å². The molecule has 36 heavy (non-hydrogen) atoms. The molecule has 0 aliphatic rings. The van der Waals surface area contributed by atoms with Crippen molar-refractivity contribution >= 4 is 23.5 Å². The number of esters is 1. The van der Waals surface area contributed by atoms with Crippen LogP contribution in [0.2, 0.25) is 0 Å². The van der Waals surface area contributed by atoms with Gasteiger partial charge >= 0.3 is 12.1 Å². The zero-order valence-corrected chi connectivity index (χ0v) is 19.2. The van der Waals surface area contributed by atoms with Crippen LogP contribution in [0.5, 0.6) is 0 Å². The first-order valence-corrected chi connectivity index (χ1v) is 10.5. The smallest absolute Gasteiger partial charge is 0.416 e. The van der Waals surface area contributed by atoms with Crippen molar-refractivity contribution in [2.24, 2.45) is 0 Å². The molecule has 2 amide bonds. The highest BCUT2D eigenvalue weighted by atomic mass is 19.4. The van der Waals surface area contributed by atoms with Crippen LogP contribution >= 0.6 is 0 Å². The molecule has 0 bridgehead atoms. The summed E-state index contributed by atoms with van der Waals surface area (Å²) in [5.41, 5.74) is -0.532. The highest BCUT2D eigenvalue weighted by molar-refractivity contribution is 6.06. The van der Waals surface area contributed by atoms with Crippen molar-refractivity contribution < 1.29 is 32.3 Å². The number of halogens is 3. The van der Waals surface area contributed by atoms with Gasteiger partial charge in [-0.2, -0.15) is 23.5 Å². The van der Waals surface area contributed by atoms with Crippen LogP contribution < -0.4 is 5.01 Å². The molecule has 0 fully saturated rings. The van der Waals surface area contributed by atoms with Crippen LogP contribution in [-0.4, -0.2) is 46.2 Å². The van der Waals surface area contributed by atoms with E-state index >= 15 is 0 Å². The fourth-order valence-electron chi connectivity index (χ4n) is 3.31. The summed E-state index contributed by atoms with van der Waals surface area (Å²) in [5.74, 6) is -2.68. The van der Waals surface area contributed by atoms with Crippen molar-refractivity contribution in [3.05, 3.63) is 77.6 Å². The Morgan fingerprint density at radius 3 is 2.42 bits per heavy atom. The average Bonchev–Trinajstić information content (AvgIpc) is 3.33. The van der Waals surface area contributed by atoms with Crippen LogP contribution in [0.1, 0.15) is 35.0 Å². The maximum Gasteiger partial charge on any atom is 0.416 e. The molecule has 0 N–H and O–H groups in total. The number of alkyl halides is 3. The Bertz CT molecular complexity index is 1310. The molecule has 0 unspecified atom stereocenters. The summed E-state index contributed by atoms with van der Waals surface area (Å²) in [6, 6.07) is 13.3. The Morgan fingerprint density at radius 1 is 1.11 bits per heavy atom. The summed E-state index contributed by atoms with van der Waals surface area (Å²) >= 11 is 0. The van der Waals surface area contributed by atoms with E-state index in [9.17, 15) is 27.6 Å². The molecular weight excluding hydrogens is 479 g/mol. The van der Waals surface area contributed by atoms with Crippen molar-refractivity contribution in [2.75, 3.05) is 18.7 Å². The SMILES string of the molecule is CCOC(=O)CC(=O)N(c1cccc(C(F)(F)F)c1)N(C)C(=O)c1ccnn1-c1ccc(C#N)cc1. The number of hydrogen-bond donors (Lipinski definition) is 0. The fourth-order valence-corrected chi connectivity index (χ4v) is 3.31. The van der Waals surface area contributed by atoms with E-state index in [1.165, 1.54) is 49.1 Å². The largest absolute Gasteiger partial charge is 0.466 e. The molecule has 3 aromatic rings. The third-order valence-corrected chi connectivity index (χ3v) is 4.95. The molecule has 0 aliphatic heterocycles. The van der Waals surface area contributed by atoms with Gasteiger partial charge in [0.05, 0.1) is 41.4 Å². The summed E-state index contributed by atoms with van der Waals surface area (Å²) in [7, 11) is 1.18. The van der Waals surface area contributed by atoms with Gasteiger partial charge in [0, 0.05) is 7.05 Å². The van der Waals surface area contributed by atoms with Crippen LogP contribution in [0.3, 0.4) is 0 Å². The summed E-state index contributed by atoms with van der Waals surface area (Å²) in [5, 5.41) is 14.6. The standard InChI is InChI=1S/C24H20F3N5O4/c1-3-36-22(34)14-21(33)32(19-6-4-5-17(13-19)24(25,26)27)30(2)23(35)20-11-12-29-31(20)18-9-7-16(15-28)8-10-18/h4-13H,3,14H2,1-2H3. The molecule has 0 saturated carbocycles. The summed E-state index contributed by atoms with van der Waals surface area (Å²) in [6.07, 6.45) is -4.19. The Balaban J connectivity index is 2.02. The number of carbonyl (C=O) groups excluding carboxylic acids is 3. The first kappa shape index (κ1) is 26.0. The van der Waals surface area contributed by atoms with Gasteiger partial charge in [-0.1, -0.05) is 6.07 Å². The van der Waals surface area contributed by atoms with Gasteiger partial charge in [0.2, 0.25) is 0 Å². The Labute approximate surface area is 203 Å². The van der Waals surface area contributed by atoms with Gasteiger partial charge < -0.3 is 4.74 Å². The lowest BCUT2D eigenvalue weighted by Crippen LogP contribution is -2.49. The van der Waals surface area contributed by atoms with E-state index in [2.05, 4.69) is 5.10 Å². The number of rotatable bonds is 6. The number of aromatic nitrogens is 2. The molecule has 1 heterocycles. The predicted octanol–water partition coefficient (Wildman–Crippen LogP) is 3.74. The number of benzene rings is 2. The van der Waals surface area contributed by atoms with E-state index in [-0.39, 0.29) is 18.0 Å². The Hall–Kier alpha value is -4.66. The van der Waals surface area contributed by atoms with Crippen LogP contribution in [0, 0.1) is 11.3 Å². The third-order valence-electron chi connectivity index (χ3n) is 4.95. The average molecular weight is 499 g/mol. The molecule has 0 saturated heterocycles. The third kappa shape index (κ3) is 5.69.